The molecule has 0 saturated heterocycles. The van der Waals surface area contributed by atoms with E-state index in [2.05, 4.69) is 4.72 Å². The largest absolute Gasteiger partial charge is 0.497 e. The van der Waals surface area contributed by atoms with E-state index in [9.17, 15) is 18.3 Å². The second-order valence-electron chi connectivity index (χ2n) is 7.00. The Morgan fingerprint density at radius 3 is 2.34 bits per heavy atom. The van der Waals surface area contributed by atoms with Crippen LogP contribution in [0.2, 0.25) is 0 Å². The van der Waals surface area contributed by atoms with E-state index in [0.717, 1.165) is 5.56 Å². The van der Waals surface area contributed by atoms with E-state index in [0.29, 0.717) is 18.0 Å². The van der Waals surface area contributed by atoms with Crippen LogP contribution in [0.5, 0.6) is 11.5 Å². The highest BCUT2D eigenvalue weighted by Crippen LogP contribution is 2.33. The maximum Gasteiger partial charge on any atom is 0.335 e. The maximum absolute atomic E-state index is 13.3. The number of anilines is 2. The van der Waals surface area contributed by atoms with E-state index >= 15 is 0 Å². The fourth-order valence-electron chi connectivity index (χ4n) is 3.22. The quantitative estimate of drug-likeness (QED) is 0.504. The van der Waals surface area contributed by atoms with E-state index in [1.165, 1.54) is 38.5 Å². The SMILES string of the molecule is COc1ccc(OC)c(S(=O)(=O)Nc2cc(C(=O)O)ccc2N(C)Cc2ccccc2)c1. The lowest BCUT2D eigenvalue weighted by atomic mass is 10.1. The average Bonchev–Trinajstić information content (AvgIpc) is 2.78. The van der Waals surface area contributed by atoms with Crippen LogP contribution >= 0.6 is 0 Å². The lowest BCUT2D eigenvalue weighted by Gasteiger charge is -2.24. The van der Waals surface area contributed by atoms with Crippen LogP contribution in [0.1, 0.15) is 15.9 Å². The summed E-state index contributed by atoms with van der Waals surface area (Å²) >= 11 is 0. The van der Waals surface area contributed by atoms with Crippen molar-refractivity contribution in [2.75, 3.05) is 30.9 Å². The van der Waals surface area contributed by atoms with E-state index in [4.69, 9.17) is 9.47 Å². The van der Waals surface area contributed by atoms with Crippen molar-refractivity contribution < 1.29 is 27.8 Å². The molecule has 0 atom stereocenters. The number of methoxy groups -OCH3 is 2. The molecule has 0 heterocycles. The zero-order valence-corrected chi connectivity index (χ0v) is 18.7. The van der Waals surface area contributed by atoms with Crippen LogP contribution < -0.4 is 19.1 Å². The second kappa shape index (κ2) is 9.61. The summed E-state index contributed by atoms with van der Waals surface area (Å²) in [6.45, 7) is 0.491. The monoisotopic (exact) mass is 456 g/mol. The standard InChI is InChI=1S/C23H24N2O6S/c1-25(15-16-7-5-4-6-8-16)20-11-9-17(23(26)27)13-19(20)24-32(28,29)22-14-18(30-2)10-12-21(22)31-3/h4-14,24H,15H2,1-3H3,(H,26,27). The van der Waals surface area contributed by atoms with Crippen LogP contribution in [-0.2, 0) is 16.6 Å². The molecule has 0 aliphatic carbocycles. The second-order valence-corrected chi connectivity index (χ2v) is 8.65. The van der Waals surface area contributed by atoms with Gasteiger partial charge < -0.3 is 19.5 Å². The fourth-order valence-corrected chi connectivity index (χ4v) is 4.47. The average molecular weight is 457 g/mol. The van der Waals surface area contributed by atoms with Crippen LogP contribution in [0.15, 0.2) is 71.6 Å². The number of ether oxygens (including phenoxy) is 2. The van der Waals surface area contributed by atoms with Crippen molar-refractivity contribution in [3.63, 3.8) is 0 Å². The number of benzene rings is 3. The number of aromatic carboxylic acids is 1. The topological polar surface area (TPSA) is 105 Å². The molecule has 0 aliphatic heterocycles. The molecule has 2 N–H and O–H groups in total. The summed E-state index contributed by atoms with van der Waals surface area (Å²) in [6.07, 6.45) is 0. The van der Waals surface area contributed by atoms with Crippen LogP contribution in [0, 0.1) is 0 Å². The molecule has 0 unspecified atom stereocenters. The Labute approximate surface area is 187 Å². The first kappa shape index (κ1) is 23.0. The number of nitrogens with one attached hydrogen (secondary N) is 1. The molecule has 8 nitrogen and oxygen atoms in total. The van der Waals surface area contributed by atoms with E-state index in [1.54, 1.807) is 19.2 Å². The number of carboxylic acids is 1. The number of carbonyl (C=O) groups is 1. The Morgan fingerprint density at radius 2 is 1.72 bits per heavy atom. The van der Waals surface area contributed by atoms with E-state index in [1.807, 2.05) is 35.2 Å². The van der Waals surface area contributed by atoms with Gasteiger partial charge in [-0.1, -0.05) is 30.3 Å². The van der Waals surface area contributed by atoms with Gasteiger partial charge in [-0.25, -0.2) is 13.2 Å². The maximum atomic E-state index is 13.3. The number of rotatable bonds is 9. The van der Waals surface area contributed by atoms with Crippen molar-refractivity contribution in [1.82, 2.24) is 0 Å². The predicted octanol–water partition coefficient (Wildman–Crippen LogP) is 3.84. The first-order chi connectivity index (χ1) is 15.2. The van der Waals surface area contributed by atoms with E-state index < -0.39 is 16.0 Å². The minimum atomic E-state index is -4.13. The van der Waals surface area contributed by atoms with Gasteiger partial charge in [0.25, 0.3) is 10.0 Å². The third-order valence-electron chi connectivity index (χ3n) is 4.82. The van der Waals surface area contributed by atoms with Gasteiger partial charge in [0.15, 0.2) is 0 Å². The molecule has 0 amide bonds. The van der Waals surface area contributed by atoms with Gasteiger partial charge in [0, 0.05) is 19.7 Å². The van der Waals surface area contributed by atoms with Crippen LogP contribution in [0.4, 0.5) is 11.4 Å². The van der Waals surface area contributed by atoms with Crippen molar-refractivity contribution in [1.29, 1.82) is 0 Å². The normalized spacial score (nSPS) is 11.0. The molecular formula is C23H24N2O6S. The van der Waals surface area contributed by atoms with Crippen molar-refractivity contribution >= 4 is 27.4 Å². The Morgan fingerprint density at radius 1 is 1.00 bits per heavy atom. The molecule has 0 fully saturated rings. The van der Waals surface area contributed by atoms with Gasteiger partial charge in [-0.2, -0.15) is 0 Å². The molecule has 0 radical (unpaired) electrons. The molecular weight excluding hydrogens is 432 g/mol. The molecule has 9 heteroatoms. The van der Waals surface area contributed by atoms with Crippen molar-refractivity contribution in [3.05, 3.63) is 77.9 Å². The number of hydrogen-bond acceptors (Lipinski definition) is 6. The highest BCUT2D eigenvalue weighted by Gasteiger charge is 2.23. The van der Waals surface area contributed by atoms with Gasteiger partial charge in [0.05, 0.1) is 31.2 Å². The molecule has 0 bridgehead atoms. The smallest absolute Gasteiger partial charge is 0.335 e. The van der Waals surface area contributed by atoms with Crippen molar-refractivity contribution in [2.24, 2.45) is 0 Å². The summed E-state index contributed by atoms with van der Waals surface area (Å²) in [6, 6.07) is 18.4. The summed E-state index contributed by atoms with van der Waals surface area (Å²) in [5.41, 5.74) is 1.62. The Bertz CT molecular complexity index is 1210. The lowest BCUT2D eigenvalue weighted by molar-refractivity contribution is 0.0697. The zero-order valence-electron chi connectivity index (χ0n) is 17.9. The van der Waals surface area contributed by atoms with Crippen LogP contribution in [0.25, 0.3) is 0 Å². The van der Waals surface area contributed by atoms with E-state index in [-0.39, 0.29) is 21.9 Å². The molecule has 0 spiro atoms. The van der Waals surface area contributed by atoms with Gasteiger partial charge >= 0.3 is 5.97 Å². The highest BCUT2D eigenvalue weighted by atomic mass is 32.2. The molecule has 32 heavy (non-hydrogen) atoms. The minimum absolute atomic E-state index is 0.0443. The molecule has 3 aromatic carbocycles. The fraction of sp³-hybridized carbons (Fsp3) is 0.174. The van der Waals surface area contributed by atoms with Crippen LogP contribution in [0.3, 0.4) is 0 Å². The lowest BCUT2D eigenvalue weighted by Crippen LogP contribution is -2.21. The summed E-state index contributed by atoms with van der Waals surface area (Å²) in [5, 5.41) is 9.41. The number of hydrogen-bond donors (Lipinski definition) is 2. The van der Waals surface area contributed by atoms with Gasteiger partial charge in [-0.3, -0.25) is 4.72 Å². The summed E-state index contributed by atoms with van der Waals surface area (Å²) < 4.78 is 39.4. The Hall–Kier alpha value is -3.72. The molecule has 0 aromatic heterocycles. The summed E-state index contributed by atoms with van der Waals surface area (Å²) in [5.74, 6) is -0.694. The third kappa shape index (κ3) is 5.12. The highest BCUT2D eigenvalue weighted by molar-refractivity contribution is 7.92. The third-order valence-corrected chi connectivity index (χ3v) is 6.21. The van der Waals surface area contributed by atoms with Crippen molar-refractivity contribution in [2.45, 2.75) is 11.4 Å². The summed E-state index contributed by atoms with van der Waals surface area (Å²) in [4.78, 5) is 13.2. The van der Waals surface area contributed by atoms with Gasteiger partial charge in [-0.05, 0) is 35.9 Å². The molecule has 3 rings (SSSR count). The number of nitrogens with zero attached hydrogens (tertiary/aromatic N) is 1. The first-order valence-electron chi connectivity index (χ1n) is 9.62. The van der Waals surface area contributed by atoms with Gasteiger partial charge in [0.2, 0.25) is 0 Å². The van der Waals surface area contributed by atoms with Crippen LogP contribution in [-0.4, -0.2) is 40.8 Å². The zero-order chi connectivity index (χ0) is 23.3. The van der Waals surface area contributed by atoms with Crippen molar-refractivity contribution in [3.8, 4) is 11.5 Å². The predicted molar refractivity (Wildman–Crippen MR) is 122 cm³/mol. The first-order valence-corrected chi connectivity index (χ1v) is 11.1. The van der Waals surface area contributed by atoms with Gasteiger partial charge in [-0.15, -0.1) is 0 Å². The molecule has 168 valence electrons. The molecule has 0 saturated carbocycles. The Balaban J connectivity index is 2.04. The number of carboxylic acid groups (broad SMARTS) is 1. The molecule has 0 aliphatic rings. The Kier molecular flexibility index (Phi) is 6.89. The van der Waals surface area contributed by atoms with Gasteiger partial charge in [0.1, 0.15) is 16.4 Å². The minimum Gasteiger partial charge on any atom is -0.497 e. The summed E-state index contributed by atoms with van der Waals surface area (Å²) in [7, 11) is 0.459. The molecule has 3 aromatic rings. The number of sulfonamides is 1.